The van der Waals surface area contributed by atoms with E-state index in [2.05, 4.69) is 15.5 Å². The van der Waals surface area contributed by atoms with Crippen molar-refractivity contribution in [1.29, 1.82) is 0 Å². The molecule has 1 N–H and O–H groups in total. The average molecular weight is 312 g/mol. The van der Waals surface area contributed by atoms with E-state index in [-0.39, 0.29) is 5.91 Å². The van der Waals surface area contributed by atoms with Crippen molar-refractivity contribution in [3.8, 4) is 0 Å². The van der Waals surface area contributed by atoms with Crippen molar-refractivity contribution in [1.82, 2.24) is 14.8 Å². The summed E-state index contributed by atoms with van der Waals surface area (Å²) in [6, 6.07) is 14.0. The Morgan fingerprint density at radius 3 is 2.86 bits per heavy atom. The first kappa shape index (κ1) is 14.6. The highest BCUT2D eigenvalue weighted by Crippen LogP contribution is 2.20. The smallest absolute Gasteiger partial charge is 0.234 e. The van der Waals surface area contributed by atoms with Gasteiger partial charge in [-0.25, -0.2) is 0 Å². The van der Waals surface area contributed by atoms with E-state index in [0.29, 0.717) is 5.75 Å². The van der Waals surface area contributed by atoms with Crippen LogP contribution < -0.4 is 5.32 Å². The molecule has 0 aliphatic carbocycles. The second kappa shape index (κ2) is 6.62. The number of aryl methyl sites for hydroxylation is 1. The maximum atomic E-state index is 12.1. The molecular formula is C16H16N4OS. The molecule has 22 heavy (non-hydrogen) atoms. The molecule has 2 aromatic carbocycles. The van der Waals surface area contributed by atoms with Crippen molar-refractivity contribution >= 4 is 34.1 Å². The van der Waals surface area contributed by atoms with Gasteiger partial charge in [0.05, 0.1) is 5.75 Å². The quantitative estimate of drug-likeness (QED) is 0.735. The lowest BCUT2D eigenvalue weighted by Gasteiger charge is -2.07. The molecule has 0 spiro atoms. The summed E-state index contributed by atoms with van der Waals surface area (Å²) in [6.45, 7) is 2.81. The van der Waals surface area contributed by atoms with Crippen molar-refractivity contribution < 1.29 is 4.79 Å². The molecule has 0 fully saturated rings. The third kappa shape index (κ3) is 3.28. The lowest BCUT2D eigenvalue weighted by Crippen LogP contribution is -2.14. The lowest BCUT2D eigenvalue weighted by atomic mass is 10.1. The Kier molecular flexibility index (Phi) is 4.39. The first-order valence-corrected chi connectivity index (χ1v) is 8.04. The molecule has 0 saturated heterocycles. The number of nitrogens with zero attached hydrogens (tertiary/aromatic N) is 3. The van der Waals surface area contributed by atoms with E-state index in [4.69, 9.17) is 0 Å². The fraction of sp³-hybridized carbons (Fsp3) is 0.188. The number of hydrogen-bond acceptors (Lipinski definition) is 4. The van der Waals surface area contributed by atoms with Gasteiger partial charge in [-0.3, -0.25) is 4.79 Å². The first-order valence-electron chi connectivity index (χ1n) is 7.05. The molecule has 3 aromatic rings. The Balaban J connectivity index is 1.63. The van der Waals surface area contributed by atoms with Crippen LogP contribution in [-0.2, 0) is 11.3 Å². The maximum Gasteiger partial charge on any atom is 0.234 e. The normalized spacial score (nSPS) is 10.8. The van der Waals surface area contributed by atoms with Crippen LogP contribution in [0.5, 0.6) is 0 Å². The van der Waals surface area contributed by atoms with Crippen LogP contribution in [0.15, 0.2) is 53.9 Å². The molecular weight excluding hydrogens is 296 g/mol. The predicted molar refractivity (Wildman–Crippen MR) is 89.0 cm³/mol. The number of fused-ring (bicyclic) bond motifs is 1. The molecule has 0 aliphatic rings. The van der Waals surface area contributed by atoms with Crippen molar-refractivity contribution in [3.63, 3.8) is 0 Å². The Bertz CT molecular complexity index is 799. The third-order valence-electron chi connectivity index (χ3n) is 3.29. The highest BCUT2D eigenvalue weighted by Gasteiger charge is 2.08. The Labute approximate surface area is 132 Å². The summed E-state index contributed by atoms with van der Waals surface area (Å²) in [5, 5.41) is 13.8. The van der Waals surface area contributed by atoms with Gasteiger partial charge >= 0.3 is 0 Å². The number of benzene rings is 2. The molecule has 6 heteroatoms. The van der Waals surface area contributed by atoms with E-state index in [1.54, 1.807) is 6.33 Å². The summed E-state index contributed by atoms with van der Waals surface area (Å²) in [5.41, 5.74) is 0.807. The molecule has 0 unspecified atom stereocenters. The predicted octanol–water partition coefficient (Wildman–Crippen LogP) is 3.18. The standard InChI is InChI=1S/C16H16N4OS/c1-2-20-11-17-19-16(20)22-10-15(21)18-14-8-7-12-5-3-4-6-13(12)9-14/h3-9,11H,2,10H2,1H3,(H,18,21). The number of hydrogen-bond donors (Lipinski definition) is 1. The van der Waals surface area contributed by atoms with E-state index in [9.17, 15) is 4.79 Å². The zero-order valence-electron chi connectivity index (χ0n) is 12.2. The highest BCUT2D eigenvalue weighted by molar-refractivity contribution is 7.99. The SMILES string of the molecule is CCn1cnnc1SCC(=O)Nc1ccc2ccccc2c1. The van der Waals surface area contributed by atoms with E-state index in [1.165, 1.54) is 11.8 Å². The molecule has 0 aliphatic heterocycles. The van der Waals surface area contributed by atoms with Crippen LogP contribution in [0.3, 0.4) is 0 Å². The van der Waals surface area contributed by atoms with Crippen LogP contribution in [0.1, 0.15) is 6.92 Å². The number of thioether (sulfide) groups is 1. The van der Waals surface area contributed by atoms with Gasteiger partial charge in [0.2, 0.25) is 5.91 Å². The van der Waals surface area contributed by atoms with Gasteiger partial charge < -0.3 is 9.88 Å². The van der Waals surface area contributed by atoms with Gasteiger partial charge in [-0.1, -0.05) is 42.1 Å². The van der Waals surface area contributed by atoms with Gasteiger partial charge in [-0.2, -0.15) is 0 Å². The largest absolute Gasteiger partial charge is 0.325 e. The fourth-order valence-corrected chi connectivity index (χ4v) is 2.95. The molecule has 5 nitrogen and oxygen atoms in total. The van der Waals surface area contributed by atoms with Gasteiger partial charge in [0.1, 0.15) is 6.33 Å². The van der Waals surface area contributed by atoms with Gasteiger partial charge in [0.15, 0.2) is 5.16 Å². The minimum Gasteiger partial charge on any atom is -0.325 e. The fourth-order valence-electron chi connectivity index (χ4n) is 2.17. The highest BCUT2D eigenvalue weighted by atomic mass is 32.2. The number of aromatic nitrogens is 3. The van der Waals surface area contributed by atoms with Crippen molar-refractivity contribution in [2.24, 2.45) is 0 Å². The third-order valence-corrected chi connectivity index (χ3v) is 4.27. The van der Waals surface area contributed by atoms with E-state index in [1.807, 2.05) is 54.0 Å². The topological polar surface area (TPSA) is 59.8 Å². The van der Waals surface area contributed by atoms with Crippen LogP contribution in [0.4, 0.5) is 5.69 Å². The first-order chi connectivity index (χ1) is 10.8. The number of carbonyl (C=O) groups excluding carboxylic acids is 1. The van der Waals surface area contributed by atoms with Crippen LogP contribution in [0, 0.1) is 0 Å². The summed E-state index contributed by atoms with van der Waals surface area (Å²) in [5.74, 6) is 0.261. The van der Waals surface area contributed by atoms with E-state index in [0.717, 1.165) is 28.2 Å². The van der Waals surface area contributed by atoms with E-state index < -0.39 is 0 Å². The van der Waals surface area contributed by atoms with Crippen LogP contribution >= 0.6 is 11.8 Å². The second-order valence-corrected chi connectivity index (χ2v) is 5.74. The Hall–Kier alpha value is -2.34. The van der Waals surface area contributed by atoms with Crippen molar-refractivity contribution in [2.75, 3.05) is 11.1 Å². The number of anilines is 1. The van der Waals surface area contributed by atoms with Gasteiger partial charge in [-0.15, -0.1) is 10.2 Å². The van der Waals surface area contributed by atoms with Gasteiger partial charge in [0, 0.05) is 12.2 Å². The summed E-state index contributed by atoms with van der Waals surface area (Å²) < 4.78 is 1.91. The number of carbonyl (C=O) groups is 1. The molecule has 1 heterocycles. The van der Waals surface area contributed by atoms with E-state index >= 15 is 0 Å². The Morgan fingerprint density at radius 1 is 1.23 bits per heavy atom. The number of nitrogens with one attached hydrogen (secondary N) is 1. The zero-order valence-corrected chi connectivity index (χ0v) is 13.0. The molecule has 0 atom stereocenters. The minimum absolute atomic E-state index is 0.0501. The van der Waals surface area contributed by atoms with Crippen LogP contribution in [0.2, 0.25) is 0 Å². The summed E-state index contributed by atoms with van der Waals surface area (Å²) in [7, 11) is 0. The van der Waals surface area contributed by atoms with Gasteiger partial charge in [0.25, 0.3) is 0 Å². The molecule has 0 saturated carbocycles. The maximum absolute atomic E-state index is 12.1. The van der Waals surface area contributed by atoms with Crippen LogP contribution in [0.25, 0.3) is 10.8 Å². The average Bonchev–Trinajstić information content (AvgIpc) is 3.00. The molecule has 3 rings (SSSR count). The molecule has 0 radical (unpaired) electrons. The van der Waals surface area contributed by atoms with Crippen LogP contribution in [-0.4, -0.2) is 26.4 Å². The monoisotopic (exact) mass is 312 g/mol. The summed E-state index contributed by atoms with van der Waals surface area (Å²) >= 11 is 1.39. The summed E-state index contributed by atoms with van der Waals surface area (Å²) in [4.78, 5) is 12.1. The van der Waals surface area contributed by atoms with Gasteiger partial charge in [-0.05, 0) is 29.8 Å². The number of amides is 1. The lowest BCUT2D eigenvalue weighted by molar-refractivity contribution is -0.113. The molecule has 1 aromatic heterocycles. The molecule has 1 amide bonds. The second-order valence-electron chi connectivity index (χ2n) is 4.80. The van der Waals surface area contributed by atoms with Crippen molar-refractivity contribution in [3.05, 3.63) is 48.8 Å². The minimum atomic E-state index is -0.0501. The molecule has 112 valence electrons. The number of rotatable bonds is 5. The zero-order chi connectivity index (χ0) is 15.4. The summed E-state index contributed by atoms with van der Waals surface area (Å²) in [6.07, 6.45) is 1.67. The van der Waals surface area contributed by atoms with Crippen molar-refractivity contribution in [2.45, 2.75) is 18.6 Å². The Morgan fingerprint density at radius 2 is 2.05 bits per heavy atom. The molecule has 0 bridgehead atoms.